The van der Waals surface area contributed by atoms with Crippen molar-refractivity contribution in [3.63, 3.8) is 0 Å². The van der Waals surface area contributed by atoms with Crippen LogP contribution in [0.5, 0.6) is 0 Å². The molecule has 0 aromatic carbocycles. The highest BCUT2D eigenvalue weighted by atomic mass is 16.2. The van der Waals surface area contributed by atoms with Crippen molar-refractivity contribution in [2.24, 2.45) is 5.92 Å². The largest absolute Gasteiger partial charge is 0.352 e. The van der Waals surface area contributed by atoms with Gasteiger partial charge in [0.1, 0.15) is 0 Å². The topological polar surface area (TPSA) is 83.6 Å². The van der Waals surface area contributed by atoms with Crippen LogP contribution in [0, 0.1) is 5.92 Å². The Bertz CT molecular complexity index is 519. The van der Waals surface area contributed by atoms with Gasteiger partial charge >= 0.3 is 0 Å². The molecule has 0 radical (unpaired) electrons. The van der Waals surface area contributed by atoms with Crippen molar-refractivity contribution in [2.75, 3.05) is 0 Å². The molecule has 0 unspecified atom stereocenters. The SMILES string of the molecule is O=C(NC1CCCCC1)[C@@H]1C(=O)C(=O)N(C2CCCCC2)C1=O. The Morgan fingerprint density at radius 2 is 1.43 bits per heavy atom. The maximum atomic E-state index is 12.5. The van der Waals surface area contributed by atoms with Crippen LogP contribution in [-0.4, -0.2) is 40.5 Å². The number of rotatable bonds is 3. The van der Waals surface area contributed by atoms with Crippen molar-refractivity contribution in [3.05, 3.63) is 0 Å². The second-order valence-electron chi connectivity index (χ2n) is 6.95. The Labute approximate surface area is 136 Å². The summed E-state index contributed by atoms with van der Waals surface area (Å²) in [6.45, 7) is 0. The number of likely N-dealkylation sites (tertiary alicyclic amines) is 1. The number of carbonyl (C=O) groups is 4. The molecule has 6 heteroatoms. The van der Waals surface area contributed by atoms with Gasteiger partial charge in [0.2, 0.25) is 11.7 Å². The lowest BCUT2D eigenvalue weighted by atomic mass is 9.94. The fourth-order valence-electron chi connectivity index (χ4n) is 4.04. The number of amides is 3. The first kappa shape index (κ1) is 16.1. The van der Waals surface area contributed by atoms with Gasteiger partial charge in [-0.05, 0) is 25.7 Å². The molecule has 3 rings (SSSR count). The van der Waals surface area contributed by atoms with Gasteiger partial charge in [-0.15, -0.1) is 0 Å². The molecule has 1 aliphatic heterocycles. The third kappa shape index (κ3) is 3.16. The molecule has 0 bridgehead atoms. The standard InChI is InChI=1S/C17H24N2O4/c20-14-13(15(21)18-11-7-3-1-4-8-11)16(22)19(17(14)23)12-9-5-2-6-10-12/h11-13H,1-10H2,(H,18,21)/t13-/m0/s1. The quantitative estimate of drug-likeness (QED) is 0.483. The summed E-state index contributed by atoms with van der Waals surface area (Å²) in [4.78, 5) is 50.4. The van der Waals surface area contributed by atoms with Crippen molar-refractivity contribution in [3.8, 4) is 0 Å². The summed E-state index contributed by atoms with van der Waals surface area (Å²) < 4.78 is 0. The molecule has 0 aromatic rings. The third-order valence-corrected chi connectivity index (χ3v) is 5.33. The van der Waals surface area contributed by atoms with Crippen molar-refractivity contribution in [1.29, 1.82) is 0 Å². The molecule has 2 saturated carbocycles. The fourth-order valence-corrected chi connectivity index (χ4v) is 4.04. The Hall–Kier alpha value is -1.72. The highest BCUT2D eigenvalue weighted by Gasteiger charge is 2.53. The molecule has 126 valence electrons. The van der Waals surface area contributed by atoms with Gasteiger partial charge in [-0.2, -0.15) is 0 Å². The summed E-state index contributed by atoms with van der Waals surface area (Å²) in [6, 6.07) is -0.184. The number of hydrogen-bond donors (Lipinski definition) is 1. The molecule has 1 atom stereocenters. The van der Waals surface area contributed by atoms with Crippen molar-refractivity contribution < 1.29 is 19.2 Å². The predicted molar refractivity (Wildman–Crippen MR) is 82.2 cm³/mol. The molecular formula is C17H24N2O4. The first-order valence-electron chi connectivity index (χ1n) is 8.81. The lowest BCUT2D eigenvalue weighted by Crippen LogP contribution is -2.45. The lowest BCUT2D eigenvalue weighted by molar-refractivity contribution is -0.145. The van der Waals surface area contributed by atoms with Gasteiger partial charge in [0.05, 0.1) is 0 Å². The minimum Gasteiger partial charge on any atom is -0.352 e. The van der Waals surface area contributed by atoms with Crippen LogP contribution in [0.2, 0.25) is 0 Å². The third-order valence-electron chi connectivity index (χ3n) is 5.33. The zero-order chi connectivity index (χ0) is 16.4. The minimum absolute atomic E-state index is 0.0238. The van der Waals surface area contributed by atoms with E-state index >= 15 is 0 Å². The van der Waals surface area contributed by atoms with E-state index < -0.39 is 29.4 Å². The van der Waals surface area contributed by atoms with E-state index in [4.69, 9.17) is 0 Å². The van der Waals surface area contributed by atoms with Crippen LogP contribution >= 0.6 is 0 Å². The molecule has 6 nitrogen and oxygen atoms in total. The maximum absolute atomic E-state index is 12.5. The number of imide groups is 1. The Kier molecular flexibility index (Phi) is 4.78. The van der Waals surface area contributed by atoms with Crippen molar-refractivity contribution in [2.45, 2.75) is 76.3 Å². The van der Waals surface area contributed by atoms with E-state index in [0.717, 1.165) is 69.1 Å². The summed E-state index contributed by atoms with van der Waals surface area (Å²) in [5, 5.41) is 2.81. The normalized spacial score (nSPS) is 27.6. The Morgan fingerprint density at radius 1 is 0.870 bits per heavy atom. The Morgan fingerprint density at radius 3 is 2.04 bits per heavy atom. The molecule has 2 aliphatic carbocycles. The summed E-state index contributed by atoms with van der Waals surface area (Å²) in [5.74, 6) is -4.29. The number of carbonyl (C=O) groups excluding carboxylic acids is 4. The van der Waals surface area contributed by atoms with Gasteiger partial charge in [0, 0.05) is 12.1 Å². The summed E-state index contributed by atoms with van der Waals surface area (Å²) in [5.41, 5.74) is 0. The molecule has 0 aromatic heterocycles. The van der Waals surface area contributed by atoms with E-state index in [1.54, 1.807) is 0 Å². The summed E-state index contributed by atoms with van der Waals surface area (Å²) in [6.07, 6.45) is 9.47. The maximum Gasteiger partial charge on any atom is 0.298 e. The molecule has 1 saturated heterocycles. The van der Waals surface area contributed by atoms with E-state index in [0.29, 0.717) is 0 Å². The molecule has 1 heterocycles. The Balaban J connectivity index is 1.69. The van der Waals surface area contributed by atoms with Gasteiger partial charge in [-0.3, -0.25) is 24.1 Å². The van der Waals surface area contributed by atoms with Gasteiger partial charge in [0.15, 0.2) is 5.92 Å². The van der Waals surface area contributed by atoms with E-state index in [9.17, 15) is 19.2 Å². The molecule has 3 amide bonds. The number of nitrogens with one attached hydrogen (secondary N) is 1. The smallest absolute Gasteiger partial charge is 0.298 e. The van der Waals surface area contributed by atoms with Gasteiger partial charge in [0.25, 0.3) is 11.8 Å². The van der Waals surface area contributed by atoms with E-state index in [-0.39, 0.29) is 12.1 Å². The van der Waals surface area contributed by atoms with Crippen LogP contribution in [-0.2, 0) is 19.2 Å². The lowest BCUT2D eigenvalue weighted by Gasteiger charge is -2.29. The van der Waals surface area contributed by atoms with E-state index in [1.807, 2.05) is 0 Å². The van der Waals surface area contributed by atoms with Gasteiger partial charge < -0.3 is 5.32 Å². The van der Waals surface area contributed by atoms with Crippen LogP contribution in [0.3, 0.4) is 0 Å². The van der Waals surface area contributed by atoms with Gasteiger partial charge in [-0.25, -0.2) is 0 Å². The molecule has 23 heavy (non-hydrogen) atoms. The molecular weight excluding hydrogens is 296 g/mol. The molecule has 3 aliphatic rings. The number of Topliss-reactive ketones (excluding diaryl/α,β-unsaturated/α-hetero) is 1. The first-order valence-corrected chi connectivity index (χ1v) is 8.81. The van der Waals surface area contributed by atoms with Crippen LogP contribution in [0.15, 0.2) is 0 Å². The fraction of sp³-hybridized carbons (Fsp3) is 0.765. The second kappa shape index (κ2) is 6.81. The highest BCUT2D eigenvalue weighted by Crippen LogP contribution is 2.28. The zero-order valence-corrected chi connectivity index (χ0v) is 13.4. The van der Waals surface area contributed by atoms with Crippen LogP contribution in [0.4, 0.5) is 0 Å². The zero-order valence-electron chi connectivity index (χ0n) is 13.4. The minimum atomic E-state index is -1.45. The predicted octanol–water partition coefficient (Wildman–Crippen LogP) is 1.32. The average molecular weight is 320 g/mol. The highest BCUT2D eigenvalue weighted by molar-refractivity contribution is 6.52. The van der Waals surface area contributed by atoms with E-state index in [2.05, 4.69) is 5.32 Å². The van der Waals surface area contributed by atoms with Crippen LogP contribution in [0.1, 0.15) is 64.2 Å². The summed E-state index contributed by atoms with van der Waals surface area (Å²) in [7, 11) is 0. The van der Waals surface area contributed by atoms with Gasteiger partial charge in [-0.1, -0.05) is 38.5 Å². The molecule has 3 fully saturated rings. The monoisotopic (exact) mass is 320 g/mol. The average Bonchev–Trinajstić information content (AvgIpc) is 2.79. The van der Waals surface area contributed by atoms with E-state index in [1.165, 1.54) is 0 Å². The van der Waals surface area contributed by atoms with Crippen LogP contribution in [0.25, 0.3) is 0 Å². The van der Waals surface area contributed by atoms with Crippen molar-refractivity contribution in [1.82, 2.24) is 10.2 Å². The number of hydrogen-bond acceptors (Lipinski definition) is 4. The molecule has 1 N–H and O–H groups in total. The first-order chi connectivity index (χ1) is 11.1. The van der Waals surface area contributed by atoms with Crippen molar-refractivity contribution >= 4 is 23.5 Å². The number of nitrogens with zero attached hydrogens (tertiary/aromatic N) is 1. The number of ketones is 1. The summed E-state index contributed by atoms with van der Waals surface area (Å²) >= 11 is 0. The second-order valence-corrected chi connectivity index (χ2v) is 6.95. The van der Waals surface area contributed by atoms with Crippen LogP contribution < -0.4 is 5.32 Å². The molecule has 0 spiro atoms.